The predicted octanol–water partition coefficient (Wildman–Crippen LogP) is 1.58. The lowest BCUT2D eigenvalue weighted by molar-refractivity contribution is -0.122. The van der Waals surface area contributed by atoms with E-state index in [0.717, 1.165) is 56.0 Å². The highest BCUT2D eigenvalue weighted by atomic mass is 16.5. The second-order valence-electron chi connectivity index (χ2n) is 5.51. The zero-order valence-electron chi connectivity index (χ0n) is 10.8. The van der Waals surface area contributed by atoms with E-state index in [0.29, 0.717) is 6.54 Å². The number of benzene rings is 1. The summed E-state index contributed by atoms with van der Waals surface area (Å²) in [6.07, 6.45) is 3.93. The number of fused-ring (bicyclic) bond motifs is 2. The van der Waals surface area contributed by atoms with Crippen LogP contribution in [0.2, 0.25) is 0 Å². The largest absolute Gasteiger partial charge is 0.493 e. The highest BCUT2D eigenvalue weighted by Gasteiger charge is 2.31. The minimum atomic E-state index is 0.184. The first-order valence-electron chi connectivity index (χ1n) is 7.04. The first-order chi connectivity index (χ1) is 9.33. The van der Waals surface area contributed by atoms with E-state index in [2.05, 4.69) is 11.4 Å². The van der Waals surface area contributed by atoms with Gasteiger partial charge >= 0.3 is 0 Å². The minimum Gasteiger partial charge on any atom is -0.493 e. The Bertz CT molecular complexity index is 517. The van der Waals surface area contributed by atoms with Gasteiger partial charge in [0.25, 0.3) is 0 Å². The molecule has 4 nitrogen and oxygen atoms in total. The van der Waals surface area contributed by atoms with Crippen molar-refractivity contribution in [2.24, 2.45) is 5.92 Å². The summed E-state index contributed by atoms with van der Waals surface area (Å²) >= 11 is 0. The fourth-order valence-electron chi connectivity index (χ4n) is 2.94. The summed E-state index contributed by atoms with van der Waals surface area (Å²) in [6, 6.07) is 2.11. The fourth-order valence-corrected chi connectivity index (χ4v) is 2.94. The molecule has 100 valence electrons. The van der Waals surface area contributed by atoms with Gasteiger partial charge in [-0.1, -0.05) is 0 Å². The minimum absolute atomic E-state index is 0.184. The summed E-state index contributed by atoms with van der Waals surface area (Å²) in [4.78, 5) is 11.8. The maximum atomic E-state index is 11.8. The predicted molar refractivity (Wildman–Crippen MR) is 69.4 cm³/mol. The second kappa shape index (κ2) is 4.15. The zero-order valence-corrected chi connectivity index (χ0v) is 10.8. The second-order valence-corrected chi connectivity index (χ2v) is 5.51. The van der Waals surface area contributed by atoms with Gasteiger partial charge in [0, 0.05) is 42.0 Å². The van der Waals surface area contributed by atoms with E-state index < -0.39 is 0 Å². The monoisotopic (exact) mass is 259 g/mol. The standard InChI is InChI=1S/C15H17NO3/c17-15(9-1-2-9)16-8-12-11-4-6-18-13(11)7-10-3-5-19-14(10)12/h7,9H,1-6,8H2,(H,16,17). The van der Waals surface area contributed by atoms with Gasteiger partial charge in [-0.25, -0.2) is 0 Å². The van der Waals surface area contributed by atoms with E-state index in [1.165, 1.54) is 11.1 Å². The number of carbonyl (C=O) groups excluding carboxylic acids is 1. The normalized spacial score (nSPS) is 19.4. The molecule has 2 aliphatic heterocycles. The van der Waals surface area contributed by atoms with E-state index in [1.54, 1.807) is 0 Å². The van der Waals surface area contributed by atoms with Crippen LogP contribution in [0.5, 0.6) is 11.5 Å². The molecule has 1 aromatic rings. The summed E-state index contributed by atoms with van der Waals surface area (Å²) in [6.45, 7) is 2.05. The van der Waals surface area contributed by atoms with Gasteiger partial charge in [0.2, 0.25) is 5.91 Å². The molecule has 0 aromatic heterocycles. The first kappa shape index (κ1) is 11.1. The fraction of sp³-hybridized carbons (Fsp3) is 0.533. The molecule has 0 saturated heterocycles. The molecule has 19 heavy (non-hydrogen) atoms. The lowest BCUT2D eigenvalue weighted by Crippen LogP contribution is -2.25. The Morgan fingerprint density at radius 2 is 2.11 bits per heavy atom. The van der Waals surface area contributed by atoms with Crippen LogP contribution in [-0.2, 0) is 24.2 Å². The van der Waals surface area contributed by atoms with Gasteiger partial charge < -0.3 is 14.8 Å². The Morgan fingerprint density at radius 1 is 1.26 bits per heavy atom. The van der Waals surface area contributed by atoms with Crippen LogP contribution in [-0.4, -0.2) is 19.1 Å². The van der Waals surface area contributed by atoms with Gasteiger partial charge in [0.15, 0.2) is 0 Å². The molecular formula is C15H17NO3. The van der Waals surface area contributed by atoms with Crippen molar-refractivity contribution in [3.63, 3.8) is 0 Å². The molecule has 2 heterocycles. The third-order valence-electron chi connectivity index (χ3n) is 4.15. The topological polar surface area (TPSA) is 47.6 Å². The van der Waals surface area contributed by atoms with Crippen molar-refractivity contribution < 1.29 is 14.3 Å². The Hall–Kier alpha value is -1.71. The van der Waals surface area contributed by atoms with Crippen LogP contribution in [0.25, 0.3) is 0 Å². The zero-order chi connectivity index (χ0) is 12.8. The lowest BCUT2D eigenvalue weighted by Gasteiger charge is -2.13. The molecule has 0 radical (unpaired) electrons. The third-order valence-corrected chi connectivity index (χ3v) is 4.15. The van der Waals surface area contributed by atoms with Gasteiger partial charge in [0.05, 0.1) is 13.2 Å². The van der Waals surface area contributed by atoms with Crippen LogP contribution in [0.15, 0.2) is 6.07 Å². The van der Waals surface area contributed by atoms with E-state index in [4.69, 9.17) is 9.47 Å². The summed E-state index contributed by atoms with van der Waals surface area (Å²) in [5.41, 5.74) is 3.57. The van der Waals surface area contributed by atoms with Crippen molar-refractivity contribution in [1.29, 1.82) is 0 Å². The number of hydrogen-bond acceptors (Lipinski definition) is 3. The Morgan fingerprint density at radius 3 is 2.95 bits per heavy atom. The molecule has 1 fully saturated rings. The van der Waals surface area contributed by atoms with E-state index in [1.807, 2.05) is 0 Å². The van der Waals surface area contributed by atoms with Gasteiger partial charge in [-0.2, -0.15) is 0 Å². The maximum absolute atomic E-state index is 11.8. The van der Waals surface area contributed by atoms with Crippen molar-refractivity contribution in [3.05, 3.63) is 22.8 Å². The third kappa shape index (κ3) is 1.86. The van der Waals surface area contributed by atoms with Gasteiger partial charge in [0.1, 0.15) is 11.5 Å². The number of carbonyl (C=O) groups is 1. The number of nitrogens with one attached hydrogen (secondary N) is 1. The summed E-state index contributed by atoms with van der Waals surface area (Å²) in [7, 11) is 0. The molecule has 1 aromatic carbocycles. The summed E-state index contributed by atoms with van der Waals surface area (Å²) in [5.74, 6) is 2.41. The van der Waals surface area contributed by atoms with Crippen LogP contribution in [0.1, 0.15) is 29.5 Å². The molecule has 0 atom stereocenters. The van der Waals surface area contributed by atoms with Crippen LogP contribution >= 0.6 is 0 Å². The van der Waals surface area contributed by atoms with Crippen molar-refractivity contribution in [1.82, 2.24) is 5.32 Å². The van der Waals surface area contributed by atoms with E-state index in [-0.39, 0.29) is 11.8 Å². The smallest absolute Gasteiger partial charge is 0.223 e. The molecule has 1 N–H and O–H groups in total. The number of hydrogen-bond donors (Lipinski definition) is 1. The highest BCUT2D eigenvalue weighted by Crippen LogP contribution is 2.40. The summed E-state index contributed by atoms with van der Waals surface area (Å²) in [5, 5.41) is 3.05. The van der Waals surface area contributed by atoms with Crippen LogP contribution in [0.3, 0.4) is 0 Å². The van der Waals surface area contributed by atoms with Gasteiger partial charge in [-0.05, 0) is 18.9 Å². The highest BCUT2D eigenvalue weighted by molar-refractivity contribution is 5.81. The summed E-state index contributed by atoms with van der Waals surface area (Å²) < 4.78 is 11.4. The van der Waals surface area contributed by atoms with Crippen molar-refractivity contribution in [2.75, 3.05) is 13.2 Å². The Labute approximate surface area is 112 Å². The molecule has 1 saturated carbocycles. The molecule has 0 unspecified atom stereocenters. The van der Waals surface area contributed by atoms with Crippen molar-refractivity contribution in [2.45, 2.75) is 32.2 Å². The SMILES string of the molecule is O=C(NCc1c2c(cc3c1OCC3)OCC2)C1CC1. The number of ether oxygens (including phenoxy) is 2. The van der Waals surface area contributed by atoms with Gasteiger partial charge in [-0.15, -0.1) is 0 Å². The van der Waals surface area contributed by atoms with Crippen molar-refractivity contribution >= 4 is 5.91 Å². The maximum Gasteiger partial charge on any atom is 0.223 e. The van der Waals surface area contributed by atoms with Gasteiger partial charge in [-0.3, -0.25) is 4.79 Å². The molecule has 1 aliphatic carbocycles. The molecule has 4 rings (SSSR count). The number of rotatable bonds is 3. The molecule has 4 heteroatoms. The average molecular weight is 259 g/mol. The quantitative estimate of drug-likeness (QED) is 0.896. The van der Waals surface area contributed by atoms with Crippen LogP contribution < -0.4 is 14.8 Å². The average Bonchev–Trinajstić information content (AvgIpc) is 2.98. The van der Waals surface area contributed by atoms with Crippen LogP contribution in [0.4, 0.5) is 0 Å². The van der Waals surface area contributed by atoms with Crippen LogP contribution in [0, 0.1) is 5.92 Å². The Kier molecular flexibility index (Phi) is 2.43. The molecule has 0 bridgehead atoms. The molecule has 0 spiro atoms. The number of amides is 1. The molecule has 3 aliphatic rings. The first-order valence-corrected chi connectivity index (χ1v) is 7.04. The Balaban J connectivity index is 1.64. The van der Waals surface area contributed by atoms with Crippen molar-refractivity contribution in [3.8, 4) is 11.5 Å². The molecular weight excluding hydrogens is 242 g/mol. The molecule has 1 amide bonds. The lowest BCUT2D eigenvalue weighted by atomic mass is 9.99. The van der Waals surface area contributed by atoms with E-state index >= 15 is 0 Å². The van der Waals surface area contributed by atoms with E-state index in [9.17, 15) is 4.79 Å².